The third kappa shape index (κ3) is 2.09. The second kappa shape index (κ2) is 5.33. The fourth-order valence-electron chi connectivity index (χ4n) is 6.66. The molecule has 2 nitrogen and oxygen atoms in total. The van der Waals surface area contributed by atoms with Crippen LogP contribution in [0.25, 0.3) is 0 Å². The molecule has 122 valence electrons. The average molecular weight is 309 g/mol. The van der Waals surface area contributed by atoms with Gasteiger partial charge in [-0.15, -0.1) is 6.58 Å². The van der Waals surface area contributed by atoms with Crippen molar-refractivity contribution >= 4 is 5.78 Å². The number of fused-ring (bicyclic) bond motifs is 5. The van der Waals surface area contributed by atoms with E-state index < -0.39 is 0 Å². The van der Waals surface area contributed by atoms with Gasteiger partial charge in [0.15, 0.2) is 0 Å². The monoisotopic (exact) mass is 309 g/mol. The Bertz CT molecular complexity index is 612. The molecule has 0 aromatic heterocycles. The molecule has 0 amide bonds. The van der Waals surface area contributed by atoms with Crippen LogP contribution in [-0.4, -0.2) is 5.78 Å². The van der Waals surface area contributed by atoms with Gasteiger partial charge in [0.25, 0.3) is 0 Å². The van der Waals surface area contributed by atoms with Gasteiger partial charge in [-0.05, 0) is 67.1 Å². The Kier molecular flexibility index (Phi) is 3.52. The van der Waals surface area contributed by atoms with Gasteiger partial charge < -0.3 is 0 Å². The number of allylic oxidation sites excluding steroid dienone is 3. The van der Waals surface area contributed by atoms with E-state index in [1.165, 1.54) is 24.8 Å². The van der Waals surface area contributed by atoms with E-state index in [1.807, 2.05) is 0 Å². The topological polar surface area (TPSA) is 40.9 Å². The van der Waals surface area contributed by atoms with Crippen LogP contribution in [0, 0.1) is 52.3 Å². The Morgan fingerprint density at radius 3 is 2.91 bits per heavy atom. The normalized spacial score (nSPS) is 48.5. The fraction of sp³-hybridized carbons (Fsp3) is 0.714. The van der Waals surface area contributed by atoms with Crippen LogP contribution < -0.4 is 0 Å². The first-order chi connectivity index (χ1) is 11.1. The summed E-state index contributed by atoms with van der Waals surface area (Å²) in [5, 5.41) is 9.59. The van der Waals surface area contributed by atoms with Gasteiger partial charge in [-0.3, -0.25) is 4.79 Å². The highest BCUT2D eigenvalue weighted by atomic mass is 16.1. The first-order valence-corrected chi connectivity index (χ1v) is 9.33. The Balaban J connectivity index is 1.72. The molecule has 0 unspecified atom stereocenters. The van der Waals surface area contributed by atoms with Crippen LogP contribution >= 0.6 is 0 Å². The number of nitriles is 1. The maximum absolute atomic E-state index is 11.9. The molecule has 4 aliphatic rings. The van der Waals surface area contributed by atoms with Crippen LogP contribution in [-0.2, 0) is 4.79 Å². The molecule has 0 aliphatic heterocycles. The smallest absolute Gasteiger partial charge is 0.136 e. The first-order valence-electron chi connectivity index (χ1n) is 9.33. The largest absolute Gasteiger partial charge is 0.299 e. The van der Waals surface area contributed by atoms with Gasteiger partial charge in [-0.25, -0.2) is 0 Å². The zero-order chi connectivity index (χ0) is 16.2. The van der Waals surface area contributed by atoms with Crippen LogP contribution in [0.4, 0.5) is 0 Å². The van der Waals surface area contributed by atoms with Crippen LogP contribution in [0.15, 0.2) is 24.3 Å². The number of rotatable bonds is 1. The lowest BCUT2D eigenvalue weighted by Crippen LogP contribution is -2.48. The quantitative estimate of drug-likeness (QED) is 0.660. The number of carbonyl (C=O) groups excluding carboxylic acids is 1. The van der Waals surface area contributed by atoms with Gasteiger partial charge in [-0.1, -0.05) is 24.6 Å². The molecular formula is C21H27NO. The first kappa shape index (κ1) is 15.2. The highest BCUT2D eigenvalue weighted by Gasteiger charge is 2.57. The molecule has 3 fully saturated rings. The van der Waals surface area contributed by atoms with E-state index in [0.717, 1.165) is 19.3 Å². The third-order valence-corrected chi connectivity index (χ3v) is 7.79. The Hall–Kier alpha value is -1.36. The van der Waals surface area contributed by atoms with Crippen molar-refractivity contribution in [3.63, 3.8) is 0 Å². The van der Waals surface area contributed by atoms with Gasteiger partial charge in [0.1, 0.15) is 5.78 Å². The summed E-state index contributed by atoms with van der Waals surface area (Å²) in [6, 6.07) is 2.61. The summed E-state index contributed by atoms with van der Waals surface area (Å²) in [4.78, 5) is 11.9. The summed E-state index contributed by atoms with van der Waals surface area (Å²) in [5.41, 5.74) is 1.61. The van der Waals surface area contributed by atoms with E-state index in [1.54, 1.807) is 0 Å². The third-order valence-electron chi connectivity index (χ3n) is 7.79. The number of carbonyl (C=O) groups is 1. The van der Waals surface area contributed by atoms with Crippen molar-refractivity contribution < 1.29 is 4.79 Å². The highest BCUT2D eigenvalue weighted by Crippen LogP contribution is 2.64. The van der Waals surface area contributed by atoms with Gasteiger partial charge in [0.2, 0.25) is 0 Å². The van der Waals surface area contributed by atoms with E-state index in [0.29, 0.717) is 41.8 Å². The molecule has 3 saturated carbocycles. The molecule has 0 spiro atoms. The highest BCUT2D eigenvalue weighted by molar-refractivity contribution is 5.82. The Morgan fingerprint density at radius 2 is 2.17 bits per heavy atom. The van der Waals surface area contributed by atoms with E-state index in [9.17, 15) is 10.1 Å². The minimum absolute atomic E-state index is 0.201. The molecule has 2 heteroatoms. The second-order valence-electron chi connectivity index (χ2n) is 8.57. The van der Waals surface area contributed by atoms with Crippen molar-refractivity contribution in [3.05, 3.63) is 24.3 Å². The van der Waals surface area contributed by atoms with E-state index >= 15 is 0 Å². The van der Waals surface area contributed by atoms with Gasteiger partial charge in [0.05, 0.1) is 12.0 Å². The molecule has 7 atom stereocenters. The molecule has 4 rings (SSSR count). The molecule has 0 N–H and O–H groups in total. The molecule has 0 heterocycles. The molecule has 0 radical (unpaired) electrons. The molecular weight excluding hydrogens is 282 g/mol. The van der Waals surface area contributed by atoms with Crippen molar-refractivity contribution in [1.29, 1.82) is 5.26 Å². The number of hydrogen-bond donors (Lipinski definition) is 0. The van der Waals surface area contributed by atoms with E-state index in [-0.39, 0.29) is 11.3 Å². The minimum atomic E-state index is 0.201. The molecule has 0 saturated heterocycles. The Morgan fingerprint density at radius 1 is 1.35 bits per heavy atom. The standard InChI is InChI=1S/C21H27NO/c1-3-13-10-14-11-16(23)5-6-17(14)18-8-9-21(2)15(12-22)4-7-19(21)20(13)18/h3,10,13,15,17-20H,1,4-9,11H2,2H3/t13-,15-,17+,18-,19+,20-,21-/m1/s1. The van der Waals surface area contributed by atoms with Gasteiger partial charge in [-0.2, -0.15) is 5.26 Å². The van der Waals surface area contributed by atoms with Crippen LogP contribution in [0.3, 0.4) is 0 Å². The second-order valence-corrected chi connectivity index (χ2v) is 8.57. The molecule has 23 heavy (non-hydrogen) atoms. The maximum Gasteiger partial charge on any atom is 0.136 e. The lowest BCUT2D eigenvalue weighted by molar-refractivity contribution is -0.120. The predicted molar refractivity (Wildman–Crippen MR) is 90.3 cm³/mol. The van der Waals surface area contributed by atoms with E-state index in [2.05, 4.69) is 31.7 Å². The van der Waals surface area contributed by atoms with Crippen LogP contribution in [0.5, 0.6) is 0 Å². The minimum Gasteiger partial charge on any atom is -0.299 e. The van der Waals surface area contributed by atoms with Crippen molar-refractivity contribution in [2.24, 2.45) is 40.9 Å². The van der Waals surface area contributed by atoms with Gasteiger partial charge in [0, 0.05) is 12.8 Å². The summed E-state index contributed by atoms with van der Waals surface area (Å²) >= 11 is 0. The van der Waals surface area contributed by atoms with Crippen molar-refractivity contribution in [2.75, 3.05) is 0 Å². The summed E-state index contributed by atoms with van der Waals surface area (Å²) in [5.74, 6) is 3.69. The molecule has 0 aromatic carbocycles. The van der Waals surface area contributed by atoms with Crippen LogP contribution in [0.1, 0.15) is 51.9 Å². The van der Waals surface area contributed by atoms with Crippen molar-refractivity contribution in [2.45, 2.75) is 51.9 Å². The average Bonchev–Trinajstić information content (AvgIpc) is 2.89. The Labute approximate surface area is 139 Å². The summed E-state index contributed by atoms with van der Waals surface area (Å²) < 4.78 is 0. The summed E-state index contributed by atoms with van der Waals surface area (Å²) in [7, 11) is 0. The zero-order valence-corrected chi connectivity index (χ0v) is 14.1. The summed E-state index contributed by atoms with van der Waals surface area (Å²) in [6.45, 7) is 6.49. The van der Waals surface area contributed by atoms with Crippen molar-refractivity contribution in [1.82, 2.24) is 0 Å². The SMILES string of the molecule is C=C[C@@H]1C=C2CC(=O)CC[C@@H]2[C@H]2CC[C@]3(C)[C@@H](C#N)CC[C@H]3[C@H]12. The maximum atomic E-state index is 11.9. The zero-order valence-electron chi connectivity index (χ0n) is 14.1. The fourth-order valence-corrected chi connectivity index (χ4v) is 6.66. The number of hydrogen-bond acceptors (Lipinski definition) is 2. The lowest BCUT2D eigenvalue weighted by atomic mass is 9.49. The lowest BCUT2D eigenvalue weighted by Gasteiger charge is -2.54. The number of nitrogens with zero attached hydrogens (tertiary/aromatic N) is 1. The van der Waals surface area contributed by atoms with Crippen molar-refractivity contribution in [3.8, 4) is 6.07 Å². The summed E-state index contributed by atoms with van der Waals surface area (Å²) in [6.07, 6.45) is 11.7. The molecule has 0 bridgehead atoms. The number of Topliss-reactive ketones (excluding diaryl/α,β-unsaturated/α-hetero) is 1. The predicted octanol–water partition coefficient (Wildman–Crippen LogP) is 4.68. The van der Waals surface area contributed by atoms with E-state index in [4.69, 9.17) is 0 Å². The number of ketones is 1. The van der Waals surface area contributed by atoms with Gasteiger partial charge >= 0.3 is 0 Å². The van der Waals surface area contributed by atoms with Crippen LogP contribution in [0.2, 0.25) is 0 Å². The molecule has 0 aromatic rings. The molecule has 4 aliphatic carbocycles.